The van der Waals surface area contributed by atoms with Gasteiger partial charge in [0.25, 0.3) is 0 Å². The van der Waals surface area contributed by atoms with Crippen LogP contribution in [0.2, 0.25) is 0 Å². The van der Waals surface area contributed by atoms with Crippen LogP contribution in [-0.4, -0.2) is 16.9 Å². The molecule has 0 spiro atoms. The third-order valence-corrected chi connectivity index (χ3v) is 2.18. The van der Waals surface area contributed by atoms with E-state index in [1.807, 2.05) is 0 Å². The van der Waals surface area contributed by atoms with Gasteiger partial charge in [0, 0.05) is 11.1 Å². The first-order valence-corrected chi connectivity index (χ1v) is 4.94. The fraction of sp³-hybridized carbons (Fsp3) is 0. The molecule has 1 aromatic rings. The number of carboxylic acid groups (broad SMARTS) is 1. The first kappa shape index (κ1) is 12.6. The van der Waals surface area contributed by atoms with E-state index >= 15 is 0 Å². The van der Waals surface area contributed by atoms with Crippen LogP contribution in [0.1, 0.15) is 20.7 Å². The zero-order valence-electron chi connectivity index (χ0n) is 9.22. The molecule has 0 aliphatic carbocycles. The van der Waals surface area contributed by atoms with E-state index in [4.69, 9.17) is 5.11 Å². The second-order valence-electron chi connectivity index (χ2n) is 3.24. The lowest BCUT2D eigenvalue weighted by molar-refractivity contribution is 0.0693. The molecule has 0 fully saturated rings. The van der Waals surface area contributed by atoms with Crippen LogP contribution in [-0.2, 0) is 0 Å². The van der Waals surface area contributed by atoms with E-state index < -0.39 is 5.97 Å². The number of carbonyl (C=O) groups excluding carboxylic acids is 1. The molecule has 0 atom stereocenters. The normalized spacial score (nSPS) is 10.7. The van der Waals surface area contributed by atoms with Crippen LogP contribution >= 0.6 is 0 Å². The Labute approximate surface area is 99.4 Å². The molecule has 0 saturated heterocycles. The monoisotopic (exact) mass is 228 g/mol. The van der Waals surface area contributed by atoms with E-state index in [1.54, 1.807) is 12.1 Å². The quantitative estimate of drug-likeness (QED) is 0.479. The van der Waals surface area contributed by atoms with Crippen molar-refractivity contribution in [1.82, 2.24) is 0 Å². The van der Waals surface area contributed by atoms with Crippen molar-refractivity contribution < 1.29 is 14.7 Å². The summed E-state index contributed by atoms with van der Waals surface area (Å²) in [7, 11) is 0. The molecule has 86 valence electrons. The molecule has 3 nitrogen and oxygen atoms in total. The van der Waals surface area contributed by atoms with Gasteiger partial charge in [-0.3, -0.25) is 4.79 Å². The Bertz CT molecular complexity index is 510. The highest BCUT2D eigenvalue weighted by Crippen LogP contribution is 2.14. The number of hydrogen-bond donors (Lipinski definition) is 1. The number of rotatable bonds is 5. The number of ketones is 1. The van der Waals surface area contributed by atoms with E-state index in [0.717, 1.165) is 0 Å². The number of allylic oxidation sites excluding steroid dienone is 4. The zero-order chi connectivity index (χ0) is 12.8. The van der Waals surface area contributed by atoms with Gasteiger partial charge in [0.05, 0.1) is 5.56 Å². The standard InChI is InChI=1S/C14H12O3/c1-3-7-10(4-2)13(15)11-8-5-6-9-12(11)14(16)17/h3-9H,1-2H2,(H,16,17)/b10-7+. The molecule has 17 heavy (non-hydrogen) atoms. The fourth-order valence-electron chi connectivity index (χ4n) is 1.39. The van der Waals surface area contributed by atoms with Crippen LogP contribution in [0.15, 0.2) is 61.2 Å². The lowest BCUT2D eigenvalue weighted by Crippen LogP contribution is -2.09. The molecule has 0 bridgehead atoms. The first-order valence-electron chi connectivity index (χ1n) is 4.94. The molecule has 1 N–H and O–H groups in total. The second-order valence-corrected chi connectivity index (χ2v) is 3.24. The van der Waals surface area contributed by atoms with Gasteiger partial charge in [-0.2, -0.15) is 0 Å². The summed E-state index contributed by atoms with van der Waals surface area (Å²) in [4.78, 5) is 23.0. The molecule has 0 saturated carbocycles. The summed E-state index contributed by atoms with van der Waals surface area (Å²) in [6, 6.07) is 6.07. The molecule has 1 rings (SSSR count). The molecule has 1 aromatic carbocycles. The Kier molecular flexibility index (Phi) is 4.17. The van der Waals surface area contributed by atoms with Gasteiger partial charge in [0.15, 0.2) is 5.78 Å². The van der Waals surface area contributed by atoms with E-state index in [1.165, 1.54) is 30.4 Å². The van der Waals surface area contributed by atoms with Gasteiger partial charge in [-0.1, -0.05) is 49.6 Å². The Morgan fingerprint density at radius 3 is 2.18 bits per heavy atom. The predicted molar refractivity (Wildman–Crippen MR) is 66.2 cm³/mol. The Hall–Kier alpha value is -2.42. The molecule has 3 heteroatoms. The van der Waals surface area contributed by atoms with E-state index in [2.05, 4.69) is 13.2 Å². The van der Waals surface area contributed by atoms with Gasteiger partial charge < -0.3 is 5.11 Å². The van der Waals surface area contributed by atoms with Gasteiger partial charge in [-0.15, -0.1) is 0 Å². The minimum atomic E-state index is -1.13. The number of benzene rings is 1. The fourth-order valence-corrected chi connectivity index (χ4v) is 1.39. The molecule has 0 radical (unpaired) electrons. The highest BCUT2D eigenvalue weighted by atomic mass is 16.4. The number of carboxylic acids is 1. The summed E-state index contributed by atoms with van der Waals surface area (Å²) < 4.78 is 0. The second kappa shape index (κ2) is 5.61. The van der Waals surface area contributed by atoms with Crippen LogP contribution in [0.25, 0.3) is 0 Å². The minimum Gasteiger partial charge on any atom is -0.478 e. The highest BCUT2D eigenvalue weighted by Gasteiger charge is 2.17. The van der Waals surface area contributed by atoms with Crippen LogP contribution in [0.5, 0.6) is 0 Å². The van der Waals surface area contributed by atoms with Gasteiger partial charge in [-0.25, -0.2) is 4.79 Å². The molecule has 0 amide bonds. The van der Waals surface area contributed by atoms with E-state index in [0.29, 0.717) is 5.57 Å². The van der Waals surface area contributed by atoms with Crippen LogP contribution in [0.3, 0.4) is 0 Å². The summed E-state index contributed by atoms with van der Waals surface area (Å²) in [5, 5.41) is 8.98. The predicted octanol–water partition coefficient (Wildman–Crippen LogP) is 2.87. The van der Waals surface area contributed by atoms with Crippen molar-refractivity contribution in [3.8, 4) is 0 Å². The largest absolute Gasteiger partial charge is 0.478 e. The third kappa shape index (κ3) is 2.78. The van der Waals surface area contributed by atoms with Crippen molar-refractivity contribution in [2.45, 2.75) is 0 Å². The van der Waals surface area contributed by atoms with Crippen LogP contribution in [0.4, 0.5) is 0 Å². The lowest BCUT2D eigenvalue weighted by atomic mass is 9.98. The van der Waals surface area contributed by atoms with Crippen molar-refractivity contribution >= 4 is 11.8 Å². The summed E-state index contributed by atoms with van der Waals surface area (Å²) >= 11 is 0. The summed E-state index contributed by atoms with van der Waals surface area (Å²) in [6.45, 7) is 7.01. The molecule has 0 aliphatic heterocycles. The topological polar surface area (TPSA) is 54.4 Å². The van der Waals surface area contributed by atoms with Crippen molar-refractivity contribution in [3.05, 3.63) is 72.4 Å². The maximum absolute atomic E-state index is 12.0. The van der Waals surface area contributed by atoms with Crippen LogP contribution < -0.4 is 0 Å². The number of hydrogen-bond acceptors (Lipinski definition) is 2. The van der Waals surface area contributed by atoms with E-state index in [9.17, 15) is 9.59 Å². The SMILES string of the molecule is C=C/C=C(\C=C)C(=O)c1ccccc1C(=O)O. The molecule has 0 aromatic heterocycles. The molecule has 0 heterocycles. The van der Waals surface area contributed by atoms with Crippen molar-refractivity contribution in [3.63, 3.8) is 0 Å². The highest BCUT2D eigenvalue weighted by molar-refractivity contribution is 6.15. The van der Waals surface area contributed by atoms with Crippen molar-refractivity contribution in [2.24, 2.45) is 0 Å². The summed E-state index contributed by atoms with van der Waals surface area (Å²) in [5.74, 6) is -1.51. The maximum Gasteiger partial charge on any atom is 0.336 e. The molecular formula is C14H12O3. The number of carbonyl (C=O) groups is 2. The van der Waals surface area contributed by atoms with Crippen LogP contribution in [0, 0.1) is 0 Å². The minimum absolute atomic E-state index is 0.0192. The molecule has 0 aliphatic rings. The summed E-state index contributed by atoms with van der Waals surface area (Å²) in [5.41, 5.74) is 0.441. The zero-order valence-corrected chi connectivity index (χ0v) is 9.22. The Morgan fingerprint density at radius 2 is 1.71 bits per heavy atom. The molecule has 0 unspecified atom stereocenters. The number of Topliss-reactive ketones (excluding diaryl/α,β-unsaturated/α-hetero) is 1. The first-order chi connectivity index (χ1) is 8.11. The Morgan fingerprint density at radius 1 is 1.12 bits per heavy atom. The third-order valence-electron chi connectivity index (χ3n) is 2.18. The average Bonchev–Trinajstić information content (AvgIpc) is 2.35. The number of aromatic carboxylic acids is 1. The maximum atomic E-state index is 12.0. The Balaban J connectivity index is 3.29. The lowest BCUT2D eigenvalue weighted by Gasteiger charge is -2.05. The van der Waals surface area contributed by atoms with Crippen molar-refractivity contribution in [2.75, 3.05) is 0 Å². The van der Waals surface area contributed by atoms with Gasteiger partial charge in [-0.05, 0) is 6.07 Å². The summed E-state index contributed by atoms with van der Waals surface area (Å²) in [6.07, 6.45) is 4.33. The average molecular weight is 228 g/mol. The van der Waals surface area contributed by atoms with E-state index in [-0.39, 0.29) is 16.9 Å². The van der Waals surface area contributed by atoms with Gasteiger partial charge in [0.2, 0.25) is 0 Å². The van der Waals surface area contributed by atoms with Gasteiger partial charge in [0.1, 0.15) is 0 Å². The van der Waals surface area contributed by atoms with Gasteiger partial charge >= 0.3 is 5.97 Å². The smallest absolute Gasteiger partial charge is 0.336 e. The van der Waals surface area contributed by atoms with Crippen molar-refractivity contribution in [1.29, 1.82) is 0 Å². The molecular weight excluding hydrogens is 216 g/mol.